The summed E-state index contributed by atoms with van der Waals surface area (Å²) >= 11 is 0. The van der Waals surface area contributed by atoms with Crippen LogP contribution < -0.4 is 19.3 Å². The number of para-hydroxylation sites is 8. The summed E-state index contributed by atoms with van der Waals surface area (Å²) in [7, 11) is 0. The monoisotopic (exact) mass is 531 g/mol. The molecular weight excluding hydrogens is 510 g/mol. The van der Waals surface area contributed by atoms with Gasteiger partial charge in [-0.25, -0.2) is 4.98 Å². The van der Waals surface area contributed by atoms with Gasteiger partial charge in [-0.1, -0.05) is 48.5 Å². The van der Waals surface area contributed by atoms with E-state index in [1.54, 1.807) is 0 Å². The van der Waals surface area contributed by atoms with Crippen molar-refractivity contribution in [1.82, 2.24) is 4.98 Å². The molecule has 0 spiro atoms. The zero-order valence-corrected chi connectivity index (χ0v) is 21.7. The fraction of sp³-hybridized carbons (Fsp3) is 0. The van der Waals surface area contributed by atoms with Crippen LogP contribution in [0.4, 0.5) is 34.1 Å². The van der Waals surface area contributed by atoms with E-state index >= 15 is 0 Å². The van der Waals surface area contributed by atoms with E-state index < -0.39 is 0 Å². The molecule has 0 aliphatic carbocycles. The predicted octanol–water partition coefficient (Wildman–Crippen LogP) is 10.1. The summed E-state index contributed by atoms with van der Waals surface area (Å²) in [4.78, 5) is 9.20. The number of hydrogen-bond acceptors (Lipinski definition) is 6. The van der Waals surface area contributed by atoms with E-state index in [0.717, 1.165) is 73.5 Å². The Hall–Kier alpha value is -5.75. The molecule has 6 heteroatoms. The molecule has 0 amide bonds. The van der Waals surface area contributed by atoms with Crippen LogP contribution >= 0.6 is 0 Å². The summed E-state index contributed by atoms with van der Waals surface area (Å²) in [5, 5.41) is 1.93. The number of rotatable bonds is 2. The van der Waals surface area contributed by atoms with Gasteiger partial charge in [-0.2, -0.15) is 0 Å². The number of nitrogens with zero attached hydrogens (tertiary/aromatic N) is 3. The van der Waals surface area contributed by atoms with Gasteiger partial charge in [0.25, 0.3) is 0 Å². The minimum absolute atomic E-state index is 0.596. The number of fused-ring (bicyclic) bond motifs is 7. The Morgan fingerprint density at radius 3 is 1.46 bits per heavy atom. The van der Waals surface area contributed by atoms with E-state index in [1.165, 1.54) is 0 Å². The zero-order valence-electron chi connectivity index (χ0n) is 21.7. The van der Waals surface area contributed by atoms with Gasteiger partial charge in [0.2, 0.25) is 5.71 Å². The molecular formula is C35H21N3O3. The van der Waals surface area contributed by atoms with Gasteiger partial charge in [0, 0.05) is 11.1 Å². The fourth-order valence-electron chi connectivity index (χ4n) is 5.86. The van der Waals surface area contributed by atoms with Crippen molar-refractivity contribution in [3.8, 4) is 23.0 Å². The third kappa shape index (κ3) is 3.28. The molecule has 0 radical (unpaired) electrons. The fourth-order valence-corrected chi connectivity index (χ4v) is 5.86. The Labute approximate surface area is 235 Å². The molecule has 6 nitrogen and oxygen atoms in total. The number of pyridine rings is 1. The van der Waals surface area contributed by atoms with Crippen LogP contribution in [0.5, 0.6) is 23.0 Å². The average Bonchev–Trinajstić information content (AvgIpc) is 3.39. The van der Waals surface area contributed by atoms with Crippen LogP contribution in [0, 0.1) is 0 Å². The molecule has 2 aromatic heterocycles. The van der Waals surface area contributed by atoms with Gasteiger partial charge in [-0.15, -0.1) is 0 Å². The van der Waals surface area contributed by atoms with Gasteiger partial charge >= 0.3 is 0 Å². The van der Waals surface area contributed by atoms with E-state index in [4.69, 9.17) is 18.9 Å². The molecule has 194 valence electrons. The van der Waals surface area contributed by atoms with Crippen molar-refractivity contribution in [2.24, 2.45) is 0 Å². The molecule has 0 unspecified atom stereocenters. The highest BCUT2D eigenvalue weighted by molar-refractivity contribution is 6.07. The number of hydrogen-bond donors (Lipinski definition) is 0. The summed E-state index contributed by atoms with van der Waals surface area (Å²) in [5.41, 5.74) is 7.21. The molecule has 7 aromatic rings. The van der Waals surface area contributed by atoms with Crippen LogP contribution in [-0.4, -0.2) is 4.98 Å². The Balaban J connectivity index is 1.24. The SMILES string of the molecule is c1ccc2c(c1)Oc1ccccc1N2c1ccc2oc3ncc(N4c5ccccc5Oc5ccccc54)cc3c2c1. The van der Waals surface area contributed by atoms with E-state index in [1.807, 2.05) is 85.1 Å². The predicted molar refractivity (Wildman–Crippen MR) is 161 cm³/mol. The molecule has 5 aromatic carbocycles. The molecule has 0 saturated heterocycles. The Morgan fingerprint density at radius 2 is 0.927 bits per heavy atom. The van der Waals surface area contributed by atoms with Gasteiger partial charge in [0.05, 0.1) is 40.0 Å². The standard InChI is InChI=1S/C35H21N3O3/c1-5-13-31-26(9-1)37(27-10-2-6-14-32(27)39-31)22-17-18-30-24(19-22)25-20-23(21-36-35(25)41-30)38-28-11-3-7-15-33(28)40-34-16-8-4-12-29(34)38/h1-21H. The lowest BCUT2D eigenvalue weighted by Crippen LogP contribution is -2.15. The third-order valence-corrected chi connectivity index (χ3v) is 7.68. The first-order chi connectivity index (χ1) is 20.3. The smallest absolute Gasteiger partial charge is 0.227 e. The van der Waals surface area contributed by atoms with Gasteiger partial charge in [0.1, 0.15) is 5.58 Å². The Kier molecular flexibility index (Phi) is 4.51. The Bertz CT molecular complexity index is 1910. The first-order valence-electron chi connectivity index (χ1n) is 13.5. The maximum absolute atomic E-state index is 6.23. The lowest BCUT2D eigenvalue weighted by atomic mass is 10.1. The van der Waals surface area contributed by atoms with Crippen molar-refractivity contribution in [2.45, 2.75) is 0 Å². The highest BCUT2D eigenvalue weighted by atomic mass is 16.5. The molecule has 0 bridgehead atoms. The first kappa shape index (κ1) is 22.1. The molecule has 2 aliphatic rings. The number of benzene rings is 5. The maximum atomic E-state index is 6.23. The van der Waals surface area contributed by atoms with Crippen molar-refractivity contribution >= 4 is 56.2 Å². The van der Waals surface area contributed by atoms with Crippen molar-refractivity contribution in [3.05, 3.63) is 128 Å². The van der Waals surface area contributed by atoms with Crippen LogP contribution in [-0.2, 0) is 0 Å². The zero-order chi connectivity index (χ0) is 26.9. The number of anilines is 6. The van der Waals surface area contributed by atoms with Gasteiger partial charge in [-0.05, 0) is 72.8 Å². The van der Waals surface area contributed by atoms with Gasteiger partial charge < -0.3 is 23.7 Å². The van der Waals surface area contributed by atoms with Gasteiger partial charge in [0.15, 0.2) is 23.0 Å². The van der Waals surface area contributed by atoms with E-state index in [9.17, 15) is 0 Å². The molecule has 9 rings (SSSR count). The molecule has 0 fully saturated rings. The highest BCUT2D eigenvalue weighted by Gasteiger charge is 2.28. The largest absolute Gasteiger partial charge is 0.453 e. The first-order valence-corrected chi connectivity index (χ1v) is 13.5. The summed E-state index contributed by atoms with van der Waals surface area (Å²) in [6.45, 7) is 0. The van der Waals surface area contributed by atoms with E-state index in [0.29, 0.717) is 5.71 Å². The van der Waals surface area contributed by atoms with Crippen LogP contribution in [0.1, 0.15) is 0 Å². The summed E-state index contributed by atoms with van der Waals surface area (Å²) in [6, 6.07) is 40.7. The number of aromatic nitrogens is 1. The van der Waals surface area contributed by atoms with Crippen LogP contribution in [0.3, 0.4) is 0 Å². The second-order valence-electron chi connectivity index (χ2n) is 10.1. The molecule has 0 N–H and O–H groups in total. The summed E-state index contributed by atoms with van der Waals surface area (Å²) in [6.07, 6.45) is 1.86. The third-order valence-electron chi connectivity index (χ3n) is 7.68. The second-order valence-corrected chi connectivity index (χ2v) is 10.1. The van der Waals surface area contributed by atoms with Crippen molar-refractivity contribution in [2.75, 3.05) is 9.80 Å². The van der Waals surface area contributed by atoms with E-state index in [-0.39, 0.29) is 0 Å². The molecule has 4 heterocycles. The lowest BCUT2D eigenvalue weighted by molar-refractivity contribution is 0.476. The minimum Gasteiger partial charge on any atom is -0.453 e. The number of furan rings is 1. The lowest BCUT2D eigenvalue weighted by Gasteiger charge is -2.32. The van der Waals surface area contributed by atoms with Crippen LogP contribution in [0.2, 0.25) is 0 Å². The average molecular weight is 532 g/mol. The van der Waals surface area contributed by atoms with Gasteiger partial charge in [-0.3, -0.25) is 0 Å². The van der Waals surface area contributed by atoms with E-state index in [2.05, 4.69) is 52.3 Å². The number of ether oxygens (including phenoxy) is 2. The summed E-state index contributed by atoms with van der Waals surface area (Å²) in [5.74, 6) is 3.24. The topological polar surface area (TPSA) is 51.0 Å². The van der Waals surface area contributed by atoms with Crippen LogP contribution in [0.15, 0.2) is 132 Å². The molecule has 41 heavy (non-hydrogen) atoms. The minimum atomic E-state index is 0.596. The van der Waals surface area contributed by atoms with Crippen LogP contribution in [0.25, 0.3) is 22.1 Å². The summed E-state index contributed by atoms with van der Waals surface area (Å²) < 4.78 is 18.7. The molecule has 0 saturated carbocycles. The molecule has 2 aliphatic heterocycles. The van der Waals surface area contributed by atoms with Crippen molar-refractivity contribution in [3.63, 3.8) is 0 Å². The van der Waals surface area contributed by atoms with Crippen molar-refractivity contribution in [1.29, 1.82) is 0 Å². The second kappa shape index (κ2) is 8.37. The van der Waals surface area contributed by atoms with Crippen molar-refractivity contribution < 1.29 is 13.9 Å². The highest BCUT2D eigenvalue weighted by Crippen LogP contribution is 2.52. The Morgan fingerprint density at radius 1 is 0.463 bits per heavy atom. The molecule has 0 atom stereocenters. The quantitative estimate of drug-likeness (QED) is 0.221. The normalized spacial score (nSPS) is 13.2. The maximum Gasteiger partial charge on any atom is 0.227 e.